The molecule has 0 aliphatic heterocycles. The third-order valence-electron chi connectivity index (χ3n) is 0.997. The standard InChI is InChI=1S/C5H4N2O2S/c8-4-2-1-3-7(6-10)5(4)9/h1-3,8H. The van der Waals surface area contributed by atoms with Crippen LogP contribution >= 0.6 is 0 Å². The number of hydrogen-bond acceptors (Lipinski definition) is 4. The average molecular weight is 156 g/mol. The van der Waals surface area contributed by atoms with Crippen LogP contribution in [-0.2, 0) is 12.4 Å². The zero-order chi connectivity index (χ0) is 7.56. The van der Waals surface area contributed by atoms with Gasteiger partial charge in [-0.25, -0.2) is 0 Å². The lowest BCUT2D eigenvalue weighted by atomic mass is 10.5. The van der Waals surface area contributed by atoms with Crippen molar-refractivity contribution in [3.63, 3.8) is 0 Å². The number of pyridine rings is 1. The van der Waals surface area contributed by atoms with Gasteiger partial charge in [0.1, 0.15) is 0 Å². The molecule has 5 heteroatoms. The highest BCUT2D eigenvalue weighted by Gasteiger charge is 1.96. The maximum Gasteiger partial charge on any atom is 0.313 e. The van der Waals surface area contributed by atoms with Crippen LogP contribution in [0.2, 0.25) is 0 Å². The van der Waals surface area contributed by atoms with Crippen LogP contribution in [0, 0.1) is 0 Å². The molecule has 0 atom stereocenters. The van der Waals surface area contributed by atoms with Crippen molar-refractivity contribution in [3.8, 4) is 5.75 Å². The van der Waals surface area contributed by atoms with Gasteiger partial charge in [0, 0.05) is 6.20 Å². The molecule has 1 rings (SSSR count). The first-order valence-corrected chi connectivity index (χ1v) is 2.86. The highest BCUT2D eigenvalue weighted by Crippen LogP contribution is 1.96. The molecule has 0 aromatic carbocycles. The average Bonchev–Trinajstić information content (AvgIpc) is 1.95. The highest BCUT2D eigenvalue weighted by atomic mass is 32.1. The van der Waals surface area contributed by atoms with E-state index in [1.807, 2.05) is 0 Å². The topological polar surface area (TPSA) is 54.6 Å². The summed E-state index contributed by atoms with van der Waals surface area (Å²) in [6, 6.07) is 2.76. The van der Waals surface area contributed by atoms with Gasteiger partial charge in [-0.3, -0.25) is 4.79 Å². The van der Waals surface area contributed by atoms with Crippen LogP contribution in [0.25, 0.3) is 0 Å². The van der Waals surface area contributed by atoms with Gasteiger partial charge in [0.25, 0.3) is 0 Å². The molecule has 0 amide bonds. The number of nitrogens with zero attached hydrogens (tertiary/aromatic N) is 2. The fourth-order valence-corrected chi connectivity index (χ4v) is 0.665. The zero-order valence-electron chi connectivity index (χ0n) is 4.89. The van der Waals surface area contributed by atoms with Gasteiger partial charge in [-0.2, -0.15) is 4.68 Å². The molecule has 0 aliphatic rings. The Hall–Kier alpha value is -1.23. The molecule has 0 aliphatic carbocycles. The van der Waals surface area contributed by atoms with Crippen LogP contribution in [0.5, 0.6) is 5.75 Å². The lowest BCUT2D eigenvalue weighted by Crippen LogP contribution is -2.13. The third kappa shape index (κ3) is 1.03. The van der Waals surface area contributed by atoms with E-state index in [4.69, 9.17) is 5.11 Å². The molecule has 1 aromatic rings. The highest BCUT2D eigenvalue weighted by molar-refractivity contribution is 7.47. The number of hydrogen-bond donors (Lipinski definition) is 1. The summed E-state index contributed by atoms with van der Waals surface area (Å²) < 4.78 is 4.04. The minimum absolute atomic E-state index is 0.351. The molecule has 0 spiro atoms. The van der Waals surface area contributed by atoms with Crippen molar-refractivity contribution in [2.45, 2.75) is 0 Å². The summed E-state index contributed by atoms with van der Waals surface area (Å²) in [5.74, 6) is -0.351. The maximum absolute atomic E-state index is 10.8. The Balaban J connectivity index is 3.42. The van der Waals surface area contributed by atoms with Gasteiger partial charge in [0.2, 0.25) is 0 Å². The van der Waals surface area contributed by atoms with Crippen molar-refractivity contribution in [3.05, 3.63) is 28.7 Å². The van der Waals surface area contributed by atoms with Crippen LogP contribution in [0.15, 0.2) is 27.6 Å². The molecule has 52 valence electrons. The van der Waals surface area contributed by atoms with E-state index in [-0.39, 0.29) is 5.75 Å². The van der Waals surface area contributed by atoms with E-state index < -0.39 is 5.56 Å². The van der Waals surface area contributed by atoms with Crippen molar-refractivity contribution in [2.75, 3.05) is 0 Å². The Bertz CT molecular complexity index is 307. The fourth-order valence-electron chi connectivity index (χ4n) is 0.536. The van der Waals surface area contributed by atoms with Gasteiger partial charge < -0.3 is 5.11 Å². The van der Waals surface area contributed by atoms with Crippen molar-refractivity contribution < 1.29 is 5.11 Å². The summed E-state index contributed by atoms with van der Waals surface area (Å²) in [5, 5.41) is 8.79. The molecular formula is C5H4N2O2S. The van der Waals surface area contributed by atoms with E-state index in [1.165, 1.54) is 18.3 Å². The molecule has 1 aromatic heterocycles. The molecule has 0 saturated heterocycles. The third-order valence-corrected chi connectivity index (χ3v) is 1.17. The second-order valence-corrected chi connectivity index (χ2v) is 1.79. The van der Waals surface area contributed by atoms with E-state index in [1.54, 1.807) is 0 Å². The maximum atomic E-state index is 10.8. The number of aromatic hydroxyl groups is 1. The summed E-state index contributed by atoms with van der Waals surface area (Å²) in [4.78, 5) is 10.8. The molecule has 0 unspecified atom stereocenters. The molecule has 10 heavy (non-hydrogen) atoms. The van der Waals surface area contributed by atoms with Crippen LogP contribution in [-0.4, -0.2) is 9.78 Å². The second kappa shape index (κ2) is 2.57. The van der Waals surface area contributed by atoms with Gasteiger partial charge >= 0.3 is 5.56 Å². The second-order valence-electron chi connectivity index (χ2n) is 1.62. The van der Waals surface area contributed by atoms with E-state index in [9.17, 15) is 4.79 Å². The quantitative estimate of drug-likeness (QED) is 0.625. The predicted octanol–water partition coefficient (Wildman–Crippen LogP) is 0.0475. The Morgan fingerprint density at radius 1 is 1.70 bits per heavy atom. The first-order chi connectivity index (χ1) is 4.75. The lowest BCUT2D eigenvalue weighted by molar-refractivity contribution is 0.461. The first-order valence-electron chi connectivity index (χ1n) is 2.50. The largest absolute Gasteiger partial charge is 0.503 e. The van der Waals surface area contributed by atoms with Gasteiger partial charge in [-0.1, -0.05) is 4.47 Å². The number of aromatic nitrogens is 1. The molecule has 0 bridgehead atoms. The fraction of sp³-hybridized carbons (Fsp3) is 0. The van der Waals surface area contributed by atoms with E-state index in [2.05, 4.69) is 16.9 Å². The molecule has 4 nitrogen and oxygen atoms in total. The Labute approximate surface area is 61.9 Å². The zero-order valence-corrected chi connectivity index (χ0v) is 5.71. The first kappa shape index (κ1) is 6.88. The summed E-state index contributed by atoms with van der Waals surface area (Å²) in [6.45, 7) is 0. The SMILES string of the molecule is O=c1c(O)cccn1N=S. The van der Waals surface area contributed by atoms with Crippen LogP contribution in [0.3, 0.4) is 0 Å². The number of rotatable bonds is 1. The minimum atomic E-state index is -0.600. The normalized spacial score (nSPS) is 9.20. The molecular weight excluding hydrogens is 152 g/mol. The monoisotopic (exact) mass is 156 g/mol. The van der Waals surface area contributed by atoms with Crippen molar-refractivity contribution in [2.24, 2.45) is 4.47 Å². The summed E-state index contributed by atoms with van der Waals surface area (Å²) >= 11 is 4.24. The summed E-state index contributed by atoms with van der Waals surface area (Å²) in [6.07, 6.45) is 1.37. The van der Waals surface area contributed by atoms with E-state index in [0.717, 1.165) is 4.68 Å². The minimum Gasteiger partial charge on any atom is -0.503 e. The molecule has 0 saturated carbocycles. The predicted molar refractivity (Wildman–Crippen MR) is 37.6 cm³/mol. The smallest absolute Gasteiger partial charge is 0.313 e. The van der Waals surface area contributed by atoms with Crippen molar-refractivity contribution >= 4 is 12.4 Å². The van der Waals surface area contributed by atoms with Gasteiger partial charge in [0.05, 0.1) is 12.4 Å². The molecule has 0 radical (unpaired) electrons. The van der Waals surface area contributed by atoms with E-state index >= 15 is 0 Å². The Morgan fingerprint density at radius 2 is 2.40 bits per heavy atom. The van der Waals surface area contributed by atoms with Gasteiger partial charge in [0.15, 0.2) is 5.75 Å². The molecule has 1 heterocycles. The summed E-state index contributed by atoms with van der Waals surface area (Å²) in [5.41, 5.74) is -0.600. The Morgan fingerprint density at radius 3 is 2.90 bits per heavy atom. The summed E-state index contributed by atoms with van der Waals surface area (Å²) in [7, 11) is 0. The van der Waals surface area contributed by atoms with Crippen LogP contribution < -0.4 is 5.56 Å². The van der Waals surface area contributed by atoms with E-state index in [0.29, 0.717) is 0 Å². The van der Waals surface area contributed by atoms with Crippen molar-refractivity contribution in [1.29, 1.82) is 0 Å². The van der Waals surface area contributed by atoms with Crippen molar-refractivity contribution in [1.82, 2.24) is 4.68 Å². The van der Waals surface area contributed by atoms with Crippen LogP contribution in [0.1, 0.15) is 0 Å². The molecule has 1 N–H and O–H groups in total. The van der Waals surface area contributed by atoms with Gasteiger partial charge in [-0.15, -0.1) is 0 Å². The Kier molecular flexibility index (Phi) is 1.77. The van der Waals surface area contributed by atoms with Crippen LogP contribution in [0.4, 0.5) is 0 Å². The lowest BCUT2D eigenvalue weighted by Gasteiger charge is -1.92. The van der Waals surface area contributed by atoms with Gasteiger partial charge in [-0.05, 0) is 12.1 Å². The molecule has 0 fully saturated rings.